The fourth-order valence-electron chi connectivity index (χ4n) is 2.63. The minimum atomic E-state index is -1.15. The van der Waals surface area contributed by atoms with Gasteiger partial charge in [-0.25, -0.2) is 4.79 Å². The Morgan fingerprint density at radius 2 is 1.86 bits per heavy atom. The highest BCUT2D eigenvalue weighted by Crippen LogP contribution is 2.33. The van der Waals surface area contributed by atoms with Crippen molar-refractivity contribution in [2.75, 3.05) is 13.4 Å². The first-order valence-electron chi connectivity index (χ1n) is 9.65. The van der Waals surface area contributed by atoms with Crippen LogP contribution in [-0.4, -0.2) is 27.4 Å². The summed E-state index contributed by atoms with van der Waals surface area (Å²) in [5, 5.41) is 0. The number of rotatable bonds is 11. The Morgan fingerprint density at radius 3 is 2.52 bits per heavy atom. The summed E-state index contributed by atoms with van der Waals surface area (Å²) in [6.45, 7) is 11.8. The molecule has 0 N–H and O–H groups in total. The number of ether oxygens (including phenoxy) is 3. The summed E-state index contributed by atoms with van der Waals surface area (Å²) in [5.74, 6) is 0.203. The van der Waals surface area contributed by atoms with Crippen molar-refractivity contribution in [3.8, 4) is 5.75 Å². The van der Waals surface area contributed by atoms with E-state index in [0.717, 1.165) is 21.6 Å². The zero-order valence-corrected chi connectivity index (χ0v) is 20.0. The maximum Gasteiger partial charge on any atom is 0.338 e. The number of hydrogen-bond acceptors (Lipinski definition) is 4. The van der Waals surface area contributed by atoms with Gasteiger partial charge in [-0.2, -0.15) is 0 Å². The van der Waals surface area contributed by atoms with Crippen LogP contribution in [0.5, 0.6) is 5.75 Å². The molecule has 0 aliphatic rings. The van der Waals surface area contributed by atoms with Gasteiger partial charge in [-0.05, 0) is 46.1 Å². The van der Waals surface area contributed by atoms with E-state index in [9.17, 15) is 4.79 Å². The summed E-state index contributed by atoms with van der Waals surface area (Å²) in [6.07, 6.45) is 2.23. The first kappa shape index (κ1) is 23.4. The van der Waals surface area contributed by atoms with Gasteiger partial charge in [0.1, 0.15) is 12.4 Å². The lowest BCUT2D eigenvalue weighted by Gasteiger charge is -2.18. The summed E-state index contributed by atoms with van der Waals surface area (Å²) < 4.78 is 17.8. The summed E-state index contributed by atoms with van der Waals surface area (Å²) in [6, 6.07) is 14.2. The second-order valence-electron chi connectivity index (χ2n) is 7.94. The maximum atomic E-state index is 12.7. The molecule has 0 radical (unpaired) electrons. The van der Waals surface area contributed by atoms with Crippen LogP contribution in [0.15, 0.2) is 59.6 Å². The van der Waals surface area contributed by atoms with E-state index in [2.05, 4.69) is 42.1 Å². The second kappa shape index (κ2) is 11.3. The highest BCUT2D eigenvalue weighted by atomic mass is 79.9. The van der Waals surface area contributed by atoms with E-state index >= 15 is 0 Å². The van der Waals surface area contributed by atoms with Crippen LogP contribution in [0, 0.1) is 0 Å². The molecule has 29 heavy (non-hydrogen) atoms. The van der Waals surface area contributed by atoms with Gasteiger partial charge in [0, 0.05) is 20.2 Å². The van der Waals surface area contributed by atoms with Gasteiger partial charge in [0.05, 0.1) is 10.0 Å². The van der Waals surface area contributed by atoms with Gasteiger partial charge in [-0.3, -0.25) is 0 Å². The fourth-order valence-corrected chi connectivity index (χ4v) is 3.87. The molecule has 156 valence electrons. The molecule has 0 aliphatic carbocycles. The number of hydrogen-bond donors (Lipinski definition) is 0. The molecule has 2 rings (SSSR count). The molecule has 6 heteroatoms. The van der Waals surface area contributed by atoms with E-state index in [-0.39, 0.29) is 19.4 Å². The molecule has 0 unspecified atom stereocenters. The van der Waals surface area contributed by atoms with Crippen molar-refractivity contribution >= 4 is 30.0 Å². The van der Waals surface area contributed by atoms with E-state index in [0.29, 0.717) is 24.3 Å². The zero-order valence-electron chi connectivity index (χ0n) is 17.4. The van der Waals surface area contributed by atoms with Gasteiger partial charge in [0.15, 0.2) is 6.79 Å². The van der Waals surface area contributed by atoms with Crippen LogP contribution in [0.2, 0.25) is 25.7 Å². The number of carbonyl (C=O) groups excluding carboxylic acids is 1. The van der Waals surface area contributed by atoms with Gasteiger partial charge < -0.3 is 14.2 Å². The Labute approximate surface area is 183 Å². The Morgan fingerprint density at radius 1 is 1.14 bits per heavy atom. The van der Waals surface area contributed by atoms with E-state index in [1.165, 1.54) is 0 Å². The predicted molar refractivity (Wildman–Crippen MR) is 123 cm³/mol. The summed E-state index contributed by atoms with van der Waals surface area (Å²) in [4.78, 5) is 12.7. The van der Waals surface area contributed by atoms with Crippen molar-refractivity contribution in [1.82, 2.24) is 0 Å². The molecule has 0 bridgehead atoms. The van der Waals surface area contributed by atoms with Gasteiger partial charge in [0.25, 0.3) is 0 Å². The first-order chi connectivity index (χ1) is 13.8. The fraction of sp³-hybridized carbons (Fsp3) is 0.348. The zero-order chi connectivity index (χ0) is 21.3. The Balaban J connectivity index is 2.08. The normalized spacial score (nSPS) is 11.2. The standard InChI is InChI=1S/C23H29BrO4Si/c1-5-9-19-20(23(25)27-16-18-10-7-6-8-11-18)12-13-21(24)22(19)28-17-26-14-15-29(2,3)4/h5-8,10-13H,1,9,14-17H2,2-4H3. The van der Waals surface area contributed by atoms with E-state index in [1.807, 2.05) is 30.3 Å². The van der Waals surface area contributed by atoms with Gasteiger partial charge >= 0.3 is 5.97 Å². The third-order valence-electron chi connectivity index (χ3n) is 4.28. The lowest BCUT2D eigenvalue weighted by molar-refractivity contribution is 0.0208. The minimum absolute atomic E-state index is 0.135. The Hall–Kier alpha value is -1.89. The molecule has 0 saturated heterocycles. The van der Waals surface area contributed by atoms with Crippen LogP contribution < -0.4 is 4.74 Å². The minimum Gasteiger partial charge on any atom is -0.466 e. The average Bonchev–Trinajstić information content (AvgIpc) is 2.68. The van der Waals surface area contributed by atoms with Crippen molar-refractivity contribution in [2.24, 2.45) is 0 Å². The molecule has 0 heterocycles. The Kier molecular flexibility index (Phi) is 9.14. The van der Waals surface area contributed by atoms with Crippen LogP contribution in [0.3, 0.4) is 0 Å². The lowest BCUT2D eigenvalue weighted by atomic mass is 10.0. The summed E-state index contributed by atoms with van der Waals surface area (Å²) in [5.41, 5.74) is 2.15. The van der Waals surface area contributed by atoms with Gasteiger partial charge in [0.2, 0.25) is 0 Å². The van der Waals surface area contributed by atoms with Crippen LogP contribution >= 0.6 is 15.9 Å². The summed E-state index contributed by atoms with van der Waals surface area (Å²) >= 11 is 3.52. The quantitative estimate of drug-likeness (QED) is 0.127. The number of benzene rings is 2. The largest absolute Gasteiger partial charge is 0.466 e. The molecule has 2 aromatic rings. The lowest BCUT2D eigenvalue weighted by Crippen LogP contribution is -2.22. The Bertz CT molecular complexity index is 816. The molecule has 2 aromatic carbocycles. The van der Waals surface area contributed by atoms with Crippen LogP contribution in [-0.2, 0) is 22.5 Å². The third-order valence-corrected chi connectivity index (χ3v) is 6.61. The predicted octanol–water partition coefficient (Wildman–Crippen LogP) is 6.23. The molecule has 0 amide bonds. The highest BCUT2D eigenvalue weighted by molar-refractivity contribution is 9.10. The van der Waals surface area contributed by atoms with Crippen molar-refractivity contribution < 1.29 is 19.0 Å². The molecule has 0 spiro atoms. The van der Waals surface area contributed by atoms with E-state index in [4.69, 9.17) is 14.2 Å². The monoisotopic (exact) mass is 476 g/mol. The second-order valence-corrected chi connectivity index (χ2v) is 14.4. The number of halogens is 1. The molecule has 0 atom stereocenters. The highest BCUT2D eigenvalue weighted by Gasteiger charge is 2.19. The molecular formula is C23H29BrO4Si. The molecule has 4 nitrogen and oxygen atoms in total. The average molecular weight is 477 g/mol. The topological polar surface area (TPSA) is 44.8 Å². The number of allylic oxidation sites excluding steroid dienone is 1. The molecule has 0 aromatic heterocycles. The van der Waals surface area contributed by atoms with E-state index in [1.54, 1.807) is 18.2 Å². The van der Waals surface area contributed by atoms with Crippen molar-refractivity contribution in [3.63, 3.8) is 0 Å². The van der Waals surface area contributed by atoms with Crippen LogP contribution in [0.1, 0.15) is 21.5 Å². The van der Waals surface area contributed by atoms with Crippen LogP contribution in [0.25, 0.3) is 0 Å². The van der Waals surface area contributed by atoms with Crippen molar-refractivity contribution in [3.05, 3.63) is 76.3 Å². The third kappa shape index (κ3) is 7.80. The molecular weight excluding hydrogens is 448 g/mol. The van der Waals surface area contributed by atoms with Gasteiger partial charge in [-0.1, -0.05) is 56.0 Å². The van der Waals surface area contributed by atoms with Crippen molar-refractivity contribution in [2.45, 2.75) is 38.7 Å². The SMILES string of the molecule is C=CCc1c(C(=O)OCc2ccccc2)ccc(Br)c1OCOCC[Si](C)(C)C. The first-order valence-corrected chi connectivity index (χ1v) is 14.2. The molecule has 0 aliphatic heterocycles. The van der Waals surface area contributed by atoms with Crippen molar-refractivity contribution in [1.29, 1.82) is 0 Å². The molecule has 0 saturated carbocycles. The molecule has 0 fully saturated rings. The smallest absolute Gasteiger partial charge is 0.338 e. The maximum absolute atomic E-state index is 12.7. The number of esters is 1. The summed E-state index contributed by atoms with van der Waals surface area (Å²) in [7, 11) is -1.15. The number of carbonyl (C=O) groups is 1. The van der Waals surface area contributed by atoms with E-state index < -0.39 is 8.07 Å². The van der Waals surface area contributed by atoms with Gasteiger partial charge in [-0.15, -0.1) is 6.58 Å². The van der Waals surface area contributed by atoms with Crippen LogP contribution in [0.4, 0.5) is 0 Å².